The van der Waals surface area contributed by atoms with Crippen molar-refractivity contribution in [3.8, 4) is 11.2 Å². The van der Waals surface area contributed by atoms with Gasteiger partial charge in [-0.25, -0.2) is 21.6 Å². The monoisotopic (exact) mass is 655 g/mol. The standard InChI is InChI=1S/C23H18ClF3INO4S2/c24-16-4-3-12(22(30)29-15-8-17(25)20(27)18(26)9-15)7-19(16)35(32,33)21-13-1-2-14(21)11-23(31,10-13)5-6-34-28/h3-4,7-9,13-14,21,31H,1-2,10-11H2,(H,29,30)/t13-,14?,21?,23?/m0/s1. The number of halogens is 5. The maximum atomic E-state index is 13.7. The number of aliphatic hydroxyl groups is 1. The Balaban J connectivity index is 1.62. The number of carbonyl (C=O) groups is 1. The highest BCUT2D eigenvalue weighted by atomic mass is 127. The summed E-state index contributed by atoms with van der Waals surface area (Å²) in [5.74, 6) is -3.28. The number of hydrogen-bond acceptors (Lipinski definition) is 5. The van der Waals surface area contributed by atoms with E-state index < -0.39 is 44.0 Å². The van der Waals surface area contributed by atoms with Crippen molar-refractivity contribution < 1.29 is 31.5 Å². The fourth-order valence-corrected chi connectivity index (χ4v) is 8.49. The molecule has 0 aromatic heterocycles. The second-order valence-electron chi connectivity index (χ2n) is 8.70. The van der Waals surface area contributed by atoms with Crippen LogP contribution in [0.25, 0.3) is 0 Å². The van der Waals surface area contributed by atoms with Crippen LogP contribution in [0.5, 0.6) is 0 Å². The molecule has 2 N–H and O–H groups in total. The van der Waals surface area contributed by atoms with Gasteiger partial charge in [-0.3, -0.25) is 4.79 Å². The minimum Gasteiger partial charge on any atom is -0.378 e. The van der Waals surface area contributed by atoms with Crippen molar-refractivity contribution in [3.63, 3.8) is 0 Å². The average Bonchev–Trinajstić information content (AvgIpc) is 3.09. The zero-order valence-electron chi connectivity index (χ0n) is 17.8. The molecule has 35 heavy (non-hydrogen) atoms. The maximum Gasteiger partial charge on any atom is 0.255 e. The highest BCUT2D eigenvalue weighted by Gasteiger charge is 2.54. The normalized spacial score (nSPS) is 25.6. The molecule has 0 radical (unpaired) electrons. The Bertz CT molecular complexity index is 1330. The van der Waals surface area contributed by atoms with Crippen molar-refractivity contribution in [1.29, 1.82) is 0 Å². The maximum absolute atomic E-state index is 13.7. The van der Waals surface area contributed by atoms with Gasteiger partial charge in [0.15, 0.2) is 27.3 Å². The molecule has 4 rings (SSSR count). The molecule has 0 saturated heterocycles. The van der Waals surface area contributed by atoms with Gasteiger partial charge < -0.3 is 10.4 Å². The highest BCUT2D eigenvalue weighted by Crippen LogP contribution is 2.51. The summed E-state index contributed by atoms with van der Waals surface area (Å²) in [6.45, 7) is 0. The molecule has 5 nitrogen and oxygen atoms in total. The van der Waals surface area contributed by atoms with E-state index in [1.165, 1.54) is 21.1 Å². The Kier molecular flexibility index (Phi) is 7.70. The van der Waals surface area contributed by atoms with Crippen LogP contribution in [0.2, 0.25) is 5.02 Å². The first-order valence-electron chi connectivity index (χ1n) is 10.5. The highest BCUT2D eigenvalue weighted by molar-refractivity contribution is 14.2. The summed E-state index contributed by atoms with van der Waals surface area (Å²) in [6, 6.07) is 4.89. The van der Waals surface area contributed by atoms with Crippen LogP contribution in [-0.2, 0) is 9.84 Å². The molecule has 2 aromatic rings. The van der Waals surface area contributed by atoms with Crippen molar-refractivity contribution in [3.05, 3.63) is 58.4 Å². The van der Waals surface area contributed by atoms with Crippen LogP contribution >= 0.6 is 41.7 Å². The molecular weight excluding hydrogens is 638 g/mol. The fourth-order valence-electron chi connectivity index (χ4n) is 5.09. The lowest BCUT2D eigenvalue weighted by Gasteiger charge is -2.38. The number of fused-ring (bicyclic) bond motifs is 2. The van der Waals surface area contributed by atoms with Crippen molar-refractivity contribution in [2.45, 2.75) is 41.4 Å². The van der Waals surface area contributed by atoms with Crippen molar-refractivity contribution >= 4 is 63.2 Å². The second kappa shape index (κ2) is 10.1. The zero-order chi connectivity index (χ0) is 25.5. The Morgan fingerprint density at radius 3 is 2.31 bits per heavy atom. The Hall–Kier alpha value is -1.46. The van der Waals surface area contributed by atoms with E-state index in [1.807, 2.05) is 21.2 Å². The lowest BCUT2D eigenvalue weighted by atomic mass is 9.78. The van der Waals surface area contributed by atoms with Gasteiger partial charge in [-0.2, -0.15) is 0 Å². The number of hydrogen-bond donors (Lipinski definition) is 2. The number of anilines is 1. The molecule has 2 aliphatic carbocycles. The van der Waals surface area contributed by atoms with Crippen LogP contribution in [0.15, 0.2) is 35.2 Å². The summed E-state index contributed by atoms with van der Waals surface area (Å²) >= 11 is 8.24. The second-order valence-corrected chi connectivity index (χ2v) is 12.9. The van der Waals surface area contributed by atoms with E-state index in [1.54, 1.807) is 0 Å². The van der Waals surface area contributed by atoms with Crippen molar-refractivity contribution in [2.24, 2.45) is 11.8 Å². The van der Waals surface area contributed by atoms with Gasteiger partial charge in [-0.05, 0) is 69.9 Å². The van der Waals surface area contributed by atoms with Gasteiger partial charge in [0.2, 0.25) is 0 Å². The van der Waals surface area contributed by atoms with E-state index in [-0.39, 0.29) is 45.8 Å². The molecular formula is C23H18ClF3INO4S2. The third-order valence-corrected chi connectivity index (χ3v) is 10.2. The van der Waals surface area contributed by atoms with Crippen LogP contribution in [0.3, 0.4) is 0 Å². The van der Waals surface area contributed by atoms with Gasteiger partial charge in [0.1, 0.15) is 5.60 Å². The quantitative estimate of drug-likeness (QED) is 0.249. The van der Waals surface area contributed by atoms with Gasteiger partial charge >= 0.3 is 0 Å². The number of nitrogens with one attached hydrogen (secondary N) is 1. The lowest BCUT2D eigenvalue weighted by Crippen LogP contribution is -2.45. The average molecular weight is 656 g/mol. The Labute approximate surface area is 221 Å². The van der Waals surface area contributed by atoms with Crippen LogP contribution in [-0.4, -0.2) is 30.3 Å². The van der Waals surface area contributed by atoms with Gasteiger partial charge in [-0.1, -0.05) is 17.5 Å². The van der Waals surface area contributed by atoms with E-state index in [9.17, 15) is 31.5 Å². The topological polar surface area (TPSA) is 83.5 Å². The summed E-state index contributed by atoms with van der Waals surface area (Å²) in [5, 5.41) is 15.0. The van der Waals surface area contributed by atoms with E-state index in [4.69, 9.17) is 11.6 Å². The van der Waals surface area contributed by atoms with Crippen LogP contribution < -0.4 is 5.32 Å². The molecule has 0 heterocycles. The molecule has 3 unspecified atom stereocenters. The van der Waals surface area contributed by atoms with Gasteiger partial charge in [-0.15, -0.1) is 0 Å². The van der Waals surface area contributed by atoms with Gasteiger partial charge in [0.25, 0.3) is 5.91 Å². The molecule has 2 bridgehead atoms. The lowest BCUT2D eigenvalue weighted by molar-refractivity contribution is 0.0341. The van der Waals surface area contributed by atoms with E-state index in [2.05, 4.69) is 16.5 Å². The molecule has 2 saturated carbocycles. The smallest absolute Gasteiger partial charge is 0.255 e. The Morgan fingerprint density at radius 1 is 1.14 bits per heavy atom. The number of rotatable bonds is 4. The molecule has 4 atom stereocenters. The first-order chi connectivity index (χ1) is 16.4. The minimum absolute atomic E-state index is 0.0678. The summed E-state index contributed by atoms with van der Waals surface area (Å²) in [7, 11) is -2.75. The first-order valence-corrected chi connectivity index (χ1v) is 15.7. The number of carbonyl (C=O) groups excluding carboxylic acids is 1. The van der Waals surface area contributed by atoms with Crippen molar-refractivity contribution in [2.75, 3.05) is 5.32 Å². The summed E-state index contributed by atoms with van der Waals surface area (Å²) in [4.78, 5) is 12.4. The van der Waals surface area contributed by atoms with Gasteiger partial charge in [0, 0.05) is 44.6 Å². The van der Waals surface area contributed by atoms with E-state index >= 15 is 0 Å². The third kappa shape index (κ3) is 5.32. The third-order valence-electron chi connectivity index (χ3n) is 6.46. The van der Waals surface area contributed by atoms with Crippen molar-refractivity contribution in [1.82, 2.24) is 0 Å². The van der Waals surface area contributed by atoms with Crippen LogP contribution in [0.4, 0.5) is 18.9 Å². The molecule has 2 aliphatic rings. The van der Waals surface area contributed by atoms with E-state index in [0.29, 0.717) is 25.0 Å². The molecule has 186 valence electrons. The summed E-state index contributed by atoms with van der Waals surface area (Å²) in [6.07, 6.45) is 1.68. The van der Waals surface area contributed by atoms with Gasteiger partial charge in [0.05, 0.1) is 15.2 Å². The zero-order valence-corrected chi connectivity index (χ0v) is 22.4. The predicted molar refractivity (Wildman–Crippen MR) is 136 cm³/mol. The number of amides is 1. The molecule has 1 amide bonds. The molecule has 2 aromatic carbocycles. The number of benzene rings is 2. The molecule has 2 fully saturated rings. The molecule has 0 aliphatic heterocycles. The van der Waals surface area contributed by atoms with E-state index in [0.717, 1.165) is 6.07 Å². The fraction of sp³-hybridized carbons (Fsp3) is 0.348. The predicted octanol–water partition coefficient (Wildman–Crippen LogP) is 5.75. The Morgan fingerprint density at radius 2 is 1.74 bits per heavy atom. The number of sulfone groups is 1. The molecule has 12 heteroatoms. The summed E-state index contributed by atoms with van der Waals surface area (Å²) in [5.41, 5.74) is -1.69. The van der Waals surface area contributed by atoms with Crippen LogP contribution in [0.1, 0.15) is 36.0 Å². The summed E-state index contributed by atoms with van der Waals surface area (Å²) < 4.78 is 67.5. The SMILES string of the molecule is O=C(Nc1cc(F)c(F)c(F)c1)c1ccc(Cl)c(S(=O)(=O)C2C3CC[C@H]2CC(O)(C#CSI)C3)c1. The minimum atomic E-state index is -3.99. The molecule has 0 spiro atoms. The van der Waals surface area contributed by atoms with Crippen LogP contribution in [0, 0.1) is 40.5 Å². The first kappa shape index (κ1) is 26.6. The largest absolute Gasteiger partial charge is 0.378 e.